The number of hydrogen-bond donors (Lipinski definition) is 1. The van der Waals surface area contributed by atoms with Gasteiger partial charge in [0.05, 0.1) is 0 Å². The Bertz CT molecular complexity index is 592. The van der Waals surface area contributed by atoms with Crippen LogP contribution in [0.15, 0.2) is 6.07 Å². The van der Waals surface area contributed by atoms with Crippen molar-refractivity contribution in [1.82, 2.24) is 9.97 Å². The van der Waals surface area contributed by atoms with Crippen LogP contribution in [0.3, 0.4) is 0 Å². The molecule has 1 aliphatic heterocycles. The van der Waals surface area contributed by atoms with E-state index in [0.29, 0.717) is 29.8 Å². The smallest absolute Gasteiger partial charge is 0.171 e. The molecule has 0 saturated carbocycles. The number of anilines is 2. The average Bonchev–Trinajstić information content (AvgIpc) is 2.47. The Hall–Kier alpha value is -1.02. The number of nitrogen functional groups attached to an aromatic ring is 1. The van der Waals surface area contributed by atoms with Gasteiger partial charge in [0.25, 0.3) is 0 Å². The van der Waals surface area contributed by atoms with Crippen molar-refractivity contribution in [3.8, 4) is 0 Å². The van der Waals surface area contributed by atoms with E-state index in [1.165, 1.54) is 0 Å². The molecule has 1 aliphatic rings. The molecule has 1 saturated heterocycles. The highest BCUT2D eigenvalue weighted by atomic mass is 32.2. The van der Waals surface area contributed by atoms with Crippen LogP contribution in [0.1, 0.15) is 26.1 Å². The summed E-state index contributed by atoms with van der Waals surface area (Å²) in [6.45, 7) is 4.40. The predicted molar refractivity (Wildman–Crippen MR) is 88.4 cm³/mol. The van der Waals surface area contributed by atoms with Gasteiger partial charge in [-0.2, -0.15) is 11.8 Å². The maximum absolute atomic E-state index is 12.3. The maximum atomic E-state index is 12.3. The van der Waals surface area contributed by atoms with Gasteiger partial charge in [-0.25, -0.2) is 18.4 Å². The minimum atomic E-state index is -3.15. The lowest BCUT2D eigenvalue weighted by molar-refractivity contribution is 0.578. The maximum Gasteiger partial charge on any atom is 0.171 e. The Kier molecular flexibility index (Phi) is 5.32. The molecule has 0 amide bonds. The second-order valence-electron chi connectivity index (χ2n) is 4.99. The van der Waals surface area contributed by atoms with Crippen molar-refractivity contribution in [3.05, 3.63) is 11.9 Å². The summed E-state index contributed by atoms with van der Waals surface area (Å²) in [4.78, 5) is 10.6. The van der Waals surface area contributed by atoms with Gasteiger partial charge in [0, 0.05) is 36.3 Å². The molecule has 0 aromatic carbocycles. The van der Waals surface area contributed by atoms with Gasteiger partial charge in [0.15, 0.2) is 9.84 Å². The van der Waals surface area contributed by atoms with E-state index in [1.54, 1.807) is 24.8 Å². The molecule has 2 heterocycles. The number of thioether (sulfide) groups is 1. The van der Waals surface area contributed by atoms with Crippen LogP contribution >= 0.6 is 11.8 Å². The van der Waals surface area contributed by atoms with Crippen molar-refractivity contribution >= 4 is 33.2 Å². The van der Waals surface area contributed by atoms with Gasteiger partial charge in [-0.3, -0.25) is 0 Å². The lowest BCUT2D eigenvalue weighted by Gasteiger charge is -2.35. The van der Waals surface area contributed by atoms with E-state index < -0.39 is 15.2 Å². The van der Waals surface area contributed by atoms with Crippen LogP contribution in [0.4, 0.5) is 11.6 Å². The molecule has 21 heavy (non-hydrogen) atoms. The summed E-state index contributed by atoms with van der Waals surface area (Å²) in [5.41, 5.74) is 5.85. The predicted octanol–water partition coefficient (Wildman–Crippen LogP) is 1.33. The second kappa shape index (κ2) is 6.83. The zero-order chi connectivity index (χ0) is 15.5. The summed E-state index contributed by atoms with van der Waals surface area (Å²) in [6, 6.07) is 1.67. The van der Waals surface area contributed by atoms with Gasteiger partial charge in [0.1, 0.15) is 22.8 Å². The quantitative estimate of drug-likeness (QED) is 0.871. The third-order valence-corrected chi connectivity index (χ3v) is 6.74. The number of aryl methyl sites for hydroxylation is 1. The van der Waals surface area contributed by atoms with Crippen LogP contribution in [0.2, 0.25) is 0 Å². The number of nitrogens with zero attached hydrogens (tertiary/aromatic N) is 3. The van der Waals surface area contributed by atoms with Crippen molar-refractivity contribution in [2.24, 2.45) is 0 Å². The summed E-state index contributed by atoms with van der Waals surface area (Å²) in [5, 5.41) is -0.523. The van der Waals surface area contributed by atoms with Crippen LogP contribution in [-0.2, 0) is 16.3 Å². The number of sulfone groups is 1. The van der Waals surface area contributed by atoms with E-state index in [4.69, 9.17) is 5.73 Å². The monoisotopic (exact) mass is 330 g/mol. The molecule has 0 radical (unpaired) electrons. The average molecular weight is 330 g/mol. The SMILES string of the molecule is CCCc1nc(N)cc(N2CCSCC2S(=O)(=O)CC)n1. The Labute approximate surface area is 130 Å². The number of aromatic nitrogens is 2. The molecule has 0 aliphatic carbocycles. The van der Waals surface area contributed by atoms with E-state index in [0.717, 1.165) is 18.6 Å². The highest BCUT2D eigenvalue weighted by Gasteiger charge is 2.33. The lowest BCUT2D eigenvalue weighted by atomic mass is 10.3. The van der Waals surface area contributed by atoms with E-state index in [2.05, 4.69) is 9.97 Å². The van der Waals surface area contributed by atoms with Crippen LogP contribution in [-0.4, -0.2) is 47.6 Å². The van der Waals surface area contributed by atoms with Gasteiger partial charge >= 0.3 is 0 Å². The van der Waals surface area contributed by atoms with E-state index in [-0.39, 0.29) is 5.75 Å². The first kappa shape index (κ1) is 16.4. The Morgan fingerprint density at radius 2 is 2.19 bits per heavy atom. The molecule has 118 valence electrons. The standard InChI is InChI=1S/C13H22N4O2S2/c1-3-5-11-15-10(14)8-12(16-11)17-6-7-20-9-13(17)21(18,19)4-2/h8,13H,3-7,9H2,1-2H3,(H2,14,15,16). The molecule has 2 rings (SSSR count). The van der Waals surface area contributed by atoms with Crippen molar-refractivity contribution in [1.29, 1.82) is 0 Å². The summed E-state index contributed by atoms with van der Waals surface area (Å²) in [6.07, 6.45) is 1.67. The lowest BCUT2D eigenvalue weighted by Crippen LogP contribution is -2.48. The van der Waals surface area contributed by atoms with E-state index in [1.807, 2.05) is 11.8 Å². The molecule has 2 N–H and O–H groups in total. The molecule has 1 fully saturated rings. The van der Waals surface area contributed by atoms with Crippen molar-refractivity contribution in [2.75, 3.05) is 34.4 Å². The van der Waals surface area contributed by atoms with Crippen molar-refractivity contribution in [2.45, 2.75) is 32.1 Å². The van der Waals surface area contributed by atoms with Crippen molar-refractivity contribution < 1.29 is 8.42 Å². The Morgan fingerprint density at radius 1 is 1.43 bits per heavy atom. The molecule has 1 aromatic rings. The normalized spacial score (nSPS) is 19.7. The van der Waals surface area contributed by atoms with Crippen LogP contribution in [0.25, 0.3) is 0 Å². The third kappa shape index (κ3) is 3.79. The first-order valence-corrected chi connectivity index (χ1v) is 10.0. The van der Waals surface area contributed by atoms with Crippen molar-refractivity contribution in [3.63, 3.8) is 0 Å². The summed E-state index contributed by atoms with van der Waals surface area (Å²) >= 11 is 1.67. The van der Waals surface area contributed by atoms with Gasteiger partial charge in [-0.1, -0.05) is 13.8 Å². The highest BCUT2D eigenvalue weighted by Crippen LogP contribution is 2.27. The van der Waals surface area contributed by atoms with Gasteiger partial charge in [-0.15, -0.1) is 0 Å². The third-order valence-electron chi connectivity index (χ3n) is 3.45. The fourth-order valence-electron chi connectivity index (χ4n) is 2.32. The molecule has 1 atom stereocenters. The molecular formula is C13H22N4O2S2. The molecule has 6 nitrogen and oxygen atoms in total. The molecule has 0 bridgehead atoms. The highest BCUT2D eigenvalue weighted by molar-refractivity contribution is 8.01. The zero-order valence-corrected chi connectivity index (χ0v) is 14.1. The zero-order valence-electron chi connectivity index (χ0n) is 12.4. The number of hydrogen-bond acceptors (Lipinski definition) is 7. The first-order valence-electron chi connectivity index (χ1n) is 7.17. The van der Waals surface area contributed by atoms with Crippen LogP contribution in [0.5, 0.6) is 0 Å². The fourth-order valence-corrected chi connectivity index (χ4v) is 5.30. The van der Waals surface area contributed by atoms with Gasteiger partial charge < -0.3 is 10.6 Å². The molecular weight excluding hydrogens is 308 g/mol. The van der Waals surface area contributed by atoms with E-state index in [9.17, 15) is 8.42 Å². The first-order chi connectivity index (χ1) is 9.97. The summed E-state index contributed by atoms with van der Waals surface area (Å²) in [7, 11) is -3.15. The minimum Gasteiger partial charge on any atom is -0.384 e. The summed E-state index contributed by atoms with van der Waals surface area (Å²) < 4.78 is 24.6. The Morgan fingerprint density at radius 3 is 2.86 bits per heavy atom. The number of rotatable bonds is 5. The molecule has 0 spiro atoms. The van der Waals surface area contributed by atoms with Gasteiger partial charge in [0.2, 0.25) is 0 Å². The van der Waals surface area contributed by atoms with Gasteiger partial charge in [-0.05, 0) is 6.42 Å². The summed E-state index contributed by atoms with van der Waals surface area (Å²) in [5.74, 6) is 3.31. The van der Waals surface area contributed by atoms with Crippen LogP contribution < -0.4 is 10.6 Å². The topological polar surface area (TPSA) is 89.2 Å². The minimum absolute atomic E-state index is 0.136. The molecule has 8 heteroatoms. The largest absolute Gasteiger partial charge is 0.384 e. The fraction of sp³-hybridized carbons (Fsp3) is 0.692. The Balaban J connectivity index is 2.37. The number of nitrogens with two attached hydrogens (primary N) is 1. The molecule has 1 aromatic heterocycles. The molecule has 1 unspecified atom stereocenters. The van der Waals surface area contributed by atoms with E-state index >= 15 is 0 Å². The second-order valence-corrected chi connectivity index (χ2v) is 8.59. The van der Waals surface area contributed by atoms with Crippen LogP contribution in [0, 0.1) is 0 Å².